The van der Waals surface area contributed by atoms with Crippen molar-refractivity contribution in [3.05, 3.63) is 82.5 Å². The average Bonchev–Trinajstić information content (AvgIpc) is 2.72. The van der Waals surface area contributed by atoms with Crippen LogP contribution in [0.2, 0.25) is 0 Å². The summed E-state index contributed by atoms with van der Waals surface area (Å²) in [6, 6.07) is 15.5. The fraction of sp³-hybridized carbons (Fsp3) is 0.0909. The molecular weight excluding hydrogens is 363 g/mol. The molecule has 28 heavy (non-hydrogen) atoms. The standard InChI is InChI=1S/C22H15FO5/c1-26-15-6-8-17-18-9-7-16(11-21(18)28-22(25)19(17)10-15)27-12-20(24)13-2-4-14(23)5-3-13/h2-11H,12H2,1H3. The molecule has 0 radical (unpaired) electrons. The molecule has 1 aromatic heterocycles. The molecule has 0 fully saturated rings. The molecule has 0 bridgehead atoms. The zero-order valence-electron chi connectivity index (χ0n) is 14.9. The average molecular weight is 378 g/mol. The van der Waals surface area contributed by atoms with E-state index in [2.05, 4.69) is 0 Å². The summed E-state index contributed by atoms with van der Waals surface area (Å²) in [5.74, 6) is 0.261. The molecule has 0 saturated heterocycles. The van der Waals surface area contributed by atoms with Gasteiger partial charge in [-0.15, -0.1) is 0 Å². The minimum atomic E-state index is -0.485. The van der Waals surface area contributed by atoms with E-state index in [9.17, 15) is 14.0 Å². The Kier molecular flexibility index (Phi) is 4.53. The maximum atomic E-state index is 12.9. The largest absolute Gasteiger partial charge is 0.497 e. The predicted octanol–water partition coefficient (Wildman–Crippen LogP) is 4.36. The lowest BCUT2D eigenvalue weighted by Crippen LogP contribution is -2.11. The molecular formula is C22H15FO5. The van der Waals surface area contributed by atoms with Crippen molar-refractivity contribution in [2.75, 3.05) is 13.7 Å². The molecule has 0 aliphatic rings. The van der Waals surface area contributed by atoms with Gasteiger partial charge in [0, 0.05) is 22.4 Å². The van der Waals surface area contributed by atoms with Gasteiger partial charge in [-0.05, 0) is 54.6 Å². The summed E-state index contributed by atoms with van der Waals surface area (Å²) in [6.45, 7) is -0.216. The number of ketones is 1. The number of Topliss-reactive ketones (excluding diaryl/α,β-unsaturated/α-hetero) is 1. The van der Waals surface area contributed by atoms with Gasteiger partial charge in [0.15, 0.2) is 12.4 Å². The third-order valence-electron chi connectivity index (χ3n) is 4.43. The second-order valence-electron chi connectivity index (χ2n) is 6.18. The molecule has 1 heterocycles. The molecule has 0 unspecified atom stereocenters. The fourth-order valence-corrected chi connectivity index (χ4v) is 2.98. The Morgan fingerprint density at radius 3 is 2.39 bits per heavy atom. The minimum Gasteiger partial charge on any atom is -0.497 e. The van der Waals surface area contributed by atoms with Gasteiger partial charge in [0.25, 0.3) is 0 Å². The van der Waals surface area contributed by atoms with Gasteiger partial charge in [0.05, 0.1) is 12.5 Å². The number of benzene rings is 3. The molecule has 0 saturated carbocycles. The highest BCUT2D eigenvalue weighted by molar-refractivity contribution is 6.05. The molecule has 4 rings (SSSR count). The molecule has 0 aliphatic heterocycles. The van der Waals surface area contributed by atoms with E-state index in [0.717, 1.165) is 10.8 Å². The zero-order valence-corrected chi connectivity index (χ0v) is 14.9. The van der Waals surface area contributed by atoms with Gasteiger partial charge in [0.1, 0.15) is 22.9 Å². The summed E-state index contributed by atoms with van der Waals surface area (Å²) in [4.78, 5) is 24.5. The molecule has 0 amide bonds. The molecule has 6 heteroatoms. The van der Waals surface area contributed by atoms with Crippen molar-refractivity contribution in [3.8, 4) is 11.5 Å². The lowest BCUT2D eigenvalue weighted by molar-refractivity contribution is 0.0921. The van der Waals surface area contributed by atoms with E-state index in [1.165, 1.54) is 31.4 Å². The highest BCUT2D eigenvalue weighted by atomic mass is 19.1. The van der Waals surface area contributed by atoms with Crippen LogP contribution in [-0.4, -0.2) is 19.5 Å². The van der Waals surface area contributed by atoms with Crippen LogP contribution in [-0.2, 0) is 0 Å². The van der Waals surface area contributed by atoms with Crippen LogP contribution in [0.1, 0.15) is 10.4 Å². The summed E-state index contributed by atoms with van der Waals surface area (Å²) in [5, 5.41) is 1.91. The Hall–Kier alpha value is -3.67. The van der Waals surface area contributed by atoms with Gasteiger partial charge in [-0.3, -0.25) is 4.79 Å². The van der Waals surface area contributed by atoms with Crippen molar-refractivity contribution in [1.82, 2.24) is 0 Å². The molecule has 5 nitrogen and oxygen atoms in total. The van der Waals surface area contributed by atoms with E-state index in [1.54, 1.807) is 36.4 Å². The Bertz CT molecular complexity index is 1240. The summed E-state index contributed by atoms with van der Waals surface area (Å²) < 4.78 is 29.0. The van der Waals surface area contributed by atoms with E-state index in [4.69, 9.17) is 13.9 Å². The smallest absolute Gasteiger partial charge is 0.344 e. The monoisotopic (exact) mass is 378 g/mol. The number of hydrogen-bond acceptors (Lipinski definition) is 5. The lowest BCUT2D eigenvalue weighted by Gasteiger charge is -2.08. The predicted molar refractivity (Wildman–Crippen MR) is 103 cm³/mol. The van der Waals surface area contributed by atoms with E-state index < -0.39 is 11.4 Å². The molecule has 0 atom stereocenters. The maximum absolute atomic E-state index is 12.9. The van der Waals surface area contributed by atoms with E-state index in [0.29, 0.717) is 28.0 Å². The summed E-state index contributed by atoms with van der Waals surface area (Å²) >= 11 is 0. The van der Waals surface area contributed by atoms with Gasteiger partial charge < -0.3 is 13.9 Å². The van der Waals surface area contributed by atoms with E-state index in [-0.39, 0.29) is 12.4 Å². The molecule has 3 aromatic carbocycles. The maximum Gasteiger partial charge on any atom is 0.344 e. The van der Waals surface area contributed by atoms with Gasteiger partial charge in [-0.2, -0.15) is 0 Å². The van der Waals surface area contributed by atoms with E-state index in [1.807, 2.05) is 0 Å². The Labute approximate surface area is 158 Å². The van der Waals surface area contributed by atoms with Crippen LogP contribution in [0.15, 0.2) is 69.9 Å². The SMILES string of the molecule is COc1ccc2c(c1)c(=O)oc1cc(OCC(=O)c3ccc(F)cc3)ccc12. The second-order valence-corrected chi connectivity index (χ2v) is 6.18. The third kappa shape index (κ3) is 3.32. The quantitative estimate of drug-likeness (QED) is 0.293. The third-order valence-corrected chi connectivity index (χ3v) is 4.43. The number of carbonyl (C=O) groups excluding carboxylic acids is 1. The van der Waals surface area contributed by atoms with Crippen molar-refractivity contribution >= 4 is 27.5 Å². The highest BCUT2D eigenvalue weighted by Crippen LogP contribution is 2.28. The lowest BCUT2D eigenvalue weighted by atomic mass is 10.1. The van der Waals surface area contributed by atoms with Crippen LogP contribution in [0.3, 0.4) is 0 Å². The number of hydrogen-bond donors (Lipinski definition) is 0. The molecule has 0 N–H and O–H groups in total. The molecule has 0 spiro atoms. The molecule has 140 valence electrons. The van der Waals surface area contributed by atoms with Gasteiger partial charge in [-0.1, -0.05) is 0 Å². The van der Waals surface area contributed by atoms with Crippen LogP contribution < -0.4 is 15.1 Å². The number of fused-ring (bicyclic) bond motifs is 3. The van der Waals surface area contributed by atoms with Crippen molar-refractivity contribution < 1.29 is 23.1 Å². The van der Waals surface area contributed by atoms with E-state index >= 15 is 0 Å². The number of carbonyl (C=O) groups is 1. The van der Waals surface area contributed by atoms with Crippen molar-refractivity contribution in [1.29, 1.82) is 0 Å². The van der Waals surface area contributed by atoms with Crippen LogP contribution in [0.4, 0.5) is 4.39 Å². The minimum absolute atomic E-state index is 0.216. The molecule has 0 aliphatic carbocycles. The Morgan fingerprint density at radius 2 is 1.64 bits per heavy atom. The van der Waals surface area contributed by atoms with Crippen LogP contribution in [0.25, 0.3) is 21.7 Å². The van der Waals surface area contributed by atoms with Crippen molar-refractivity contribution in [2.24, 2.45) is 0 Å². The topological polar surface area (TPSA) is 65.7 Å². The van der Waals surface area contributed by atoms with Crippen molar-refractivity contribution in [2.45, 2.75) is 0 Å². The van der Waals surface area contributed by atoms with Crippen LogP contribution in [0.5, 0.6) is 11.5 Å². The first-order valence-corrected chi connectivity index (χ1v) is 8.51. The van der Waals surface area contributed by atoms with Gasteiger partial charge >= 0.3 is 5.63 Å². The zero-order chi connectivity index (χ0) is 19.7. The van der Waals surface area contributed by atoms with Crippen LogP contribution >= 0.6 is 0 Å². The number of halogens is 1. The Balaban J connectivity index is 1.62. The van der Waals surface area contributed by atoms with Crippen LogP contribution in [0, 0.1) is 5.82 Å². The van der Waals surface area contributed by atoms with Crippen molar-refractivity contribution in [3.63, 3.8) is 0 Å². The summed E-state index contributed by atoms with van der Waals surface area (Å²) in [5.41, 5.74) is 0.226. The highest BCUT2D eigenvalue weighted by Gasteiger charge is 2.11. The Morgan fingerprint density at radius 1 is 0.929 bits per heavy atom. The normalized spacial score (nSPS) is 10.9. The number of rotatable bonds is 5. The fourth-order valence-electron chi connectivity index (χ4n) is 2.98. The number of methoxy groups -OCH3 is 1. The summed E-state index contributed by atoms with van der Waals surface area (Å²) in [7, 11) is 1.53. The summed E-state index contributed by atoms with van der Waals surface area (Å²) in [6.07, 6.45) is 0. The first-order valence-electron chi connectivity index (χ1n) is 8.51. The molecule has 4 aromatic rings. The number of ether oxygens (including phenoxy) is 2. The second kappa shape index (κ2) is 7.15. The first kappa shape index (κ1) is 17.7. The van der Waals surface area contributed by atoms with Gasteiger partial charge in [0.2, 0.25) is 0 Å². The van der Waals surface area contributed by atoms with Gasteiger partial charge in [-0.25, -0.2) is 9.18 Å². The first-order chi connectivity index (χ1) is 13.5.